The molecule has 0 aliphatic carbocycles. The molecule has 0 spiro atoms. The first-order valence-corrected chi connectivity index (χ1v) is 10.8. The molecular weight excluding hydrogens is 312 g/mol. The van der Waals surface area contributed by atoms with E-state index in [1.807, 2.05) is 0 Å². The number of rotatable bonds is 19. The van der Waals surface area contributed by atoms with Crippen molar-refractivity contribution in [1.82, 2.24) is 0 Å². The zero-order valence-electron chi connectivity index (χ0n) is 16.7. The smallest absolute Gasteiger partial charge is 0.0795 e. The predicted octanol–water partition coefficient (Wildman–Crippen LogP) is 5.52. The zero-order chi connectivity index (χ0) is 18.6. The highest BCUT2D eigenvalue weighted by atomic mass is 16.3. The van der Waals surface area contributed by atoms with Gasteiger partial charge in [-0.2, -0.15) is 0 Å². The molecule has 0 aromatic rings. The summed E-state index contributed by atoms with van der Waals surface area (Å²) in [6.45, 7) is 1.84. The maximum atomic E-state index is 9.69. The quantitative estimate of drug-likeness (QED) is 0.211. The summed E-state index contributed by atoms with van der Waals surface area (Å²) in [7, 11) is 0. The molecule has 150 valence electrons. The normalized spacial score (nSPS) is 14.2. The van der Waals surface area contributed by atoms with E-state index >= 15 is 0 Å². The summed E-state index contributed by atoms with van der Waals surface area (Å²) in [5.74, 6) is 0. The largest absolute Gasteiger partial charge is 0.394 e. The van der Waals surface area contributed by atoms with Crippen LogP contribution in [0.1, 0.15) is 110 Å². The van der Waals surface area contributed by atoms with Gasteiger partial charge in [-0.15, -0.1) is 0 Å². The molecular formula is C22H44O3. The van der Waals surface area contributed by atoms with Crippen molar-refractivity contribution in [2.75, 3.05) is 6.61 Å². The first-order chi connectivity index (χ1) is 12.2. The molecule has 0 aliphatic rings. The summed E-state index contributed by atoms with van der Waals surface area (Å²) in [6, 6.07) is 0. The van der Waals surface area contributed by atoms with Gasteiger partial charge in [0.2, 0.25) is 0 Å². The van der Waals surface area contributed by atoms with Crippen LogP contribution in [0.15, 0.2) is 12.2 Å². The maximum Gasteiger partial charge on any atom is 0.0795 e. The Kier molecular flexibility index (Phi) is 19.6. The van der Waals surface area contributed by atoms with Crippen molar-refractivity contribution in [2.45, 2.75) is 122 Å². The van der Waals surface area contributed by atoms with E-state index in [2.05, 4.69) is 19.1 Å². The third-order valence-corrected chi connectivity index (χ3v) is 4.90. The van der Waals surface area contributed by atoms with E-state index in [0.29, 0.717) is 6.42 Å². The molecule has 3 nitrogen and oxygen atoms in total. The molecule has 0 unspecified atom stereocenters. The van der Waals surface area contributed by atoms with Crippen LogP contribution in [0.4, 0.5) is 0 Å². The fourth-order valence-electron chi connectivity index (χ4n) is 3.26. The minimum absolute atomic E-state index is 0.256. The zero-order valence-corrected chi connectivity index (χ0v) is 16.7. The molecule has 0 heterocycles. The van der Waals surface area contributed by atoms with Crippen molar-refractivity contribution in [3.05, 3.63) is 12.2 Å². The Labute approximate surface area is 156 Å². The van der Waals surface area contributed by atoms with E-state index in [-0.39, 0.29) is 6.61 Å². The van der Waals surface area contributed by atoms with E-state index < -0.39 is 12.2 Å². The second-order valence-corrected chi connectivity index (χ2v) is 7.47. The third kappa shape index (κ3) is 19.8. The Morgan fingerprint density at radius 3 is 1.52 bits per heavy atom. The van der Waals surface area contributed by atoms with Gasteiger partial charge in [-0.3, -0.25) is 0 Å². The van der Waals surface area contributed by atoms with E-state index in [0.717, 1.165) is 12.8 Å². The van der Waals surface area contributed by atoms with Crippen LogP contribution in [0.5, 0.6) is 0 Å². The lowest BCUT2D eigenvalue weighted by atomic mass is 10.0. The number of allylic oxidation sites excluding steroid dienone is 2. The Hall–Kier alpha value is -0.380. The SMILES string of the molecule is CC=CCCCCCCCCCCCCCCC[C@@H](O)C[C@@H](O)CO. The van der Waals surface area contributed by atoms with Crippen molar-refractivity contribution in [1.29, 1.82) is 0 Å². The summed E-state index contributed by atoms with van der Waals surface area (Å²) in [6.07, 6.45) is 22.7. The number of hydrogen-bond acceptors (Lipinski definition) is 3. The van der Waals surface area contributed by atoms with Crippen LogP contribution in [0.3, 0.4) is 0 Å². The summed E-state index contributed by atoms with van der Waals surface area (Å²) < 4.78 is 0. The fraction of sp³-hybridized carbons (Fsp3) is 0.909. The Morgan fingerprint density at radius 2 is 1.08 bits per heavy atom. The molecule has 3 heteroatoms. The lowest BCUT2D eigenvalue weighted by Gasteiger charge is -2.13. The molecule has 25 heavy (non-hydrogen) atoms. The monoisotopic (exact) mass is 356 g/mol. The molecule has 0 bridgehead atoms. The maximum absolute atomic E-state index is 9.69. The van der Waals surface area contributed by atoms with Crippen LogP contribution >= 0.6 is 0 Å². The summed E-state index contributed by atoms with van der Waals surface area (Å²) in [5, 5.41) is 27.7. The highest BCUT2D eigenvalue weighted by Gasteiger charge is 2.10. The Morgan fingerprint density at radius 1 is 0.640 bits per heavy atom. The second-order valence-electron chi connectivity index (χ2n) is 7.47. The average molecular weight is 357 g/mol. The molecule has 0 aliphatic heterocycles. The van der Waals surface area contributed by atoms with Crippen LogP contribution in [0, 0.1) is 0 Å². The van der Waals surface area contributed by atoms with E-state index in [1.165, 1.54) is 83.5 Å². The fourth-order valence-corrected chi connectivity index (χ4v) is 3.26. The molecule has 2 atom stereocenters. The Bertz CT molecular complexity index is 278. The topological polar surface area (TPSA) is 60.7 Å². The van der Waals surface area contributed by atoms with Gasteiger partial charge in [-0.25, -0.2) is 0 Å². The van der Waals surface area contributed by atoms with E-state index in [1.54, 1.807) is 0 Å². The molecule has 0 fully saturated rings. The number of aliphatic hydroxyl groups is 3. The van der Waals surface area contributed by atoms with Crippen LogP contribution in [0.25, 0.3) is 0 Å². The molecule has 0 radical (unpaired) electrons. The first-order valence-electron chi connectivity index (χ1n) is 10.8. The van der Waals surface area contributed by atoms with Crippen molar-refractivity contribution in [2.24, 2.45) is 0 Å². The van der Waals surface area contributed by atoms with Gasteiger partial charge >= 0.3 is 0 Å². The molecule has 0 aromatic heterocycles. The van der Waals surface area contributed by atoms with Crippen molar-refractivity contribution in [3.63, 3.8) is 0 Å². The van der Waals surface area contributed by atoms with Gasteiger partial charge in [-0.1, -0.05) is 89.2 Å². The molecule has 0 amide bonds. The van der Waals surface area contributed by atoms with Gasteiger partial charge in [0, 0.05) is 6.42 Å². The predicted molar refractivity (Wildman–Crippen MR) is 108 cm³/mol. The van der Waals surface area contributed by atoms with Gasteiger partial charge in [0.25, 0.3) is 0 Å². The lowest BCUT2D eigenvalue weighted by Crippen LogP contribution is -2.20. The highest BCUT2D eigenvalue weighted by molar-refractivity contribution is 4.76. The minimum Gasteiger partial charge on any atom is -0.394 e. The average Bonchev–Trinajstić information content (AvgIpc) is 2.61. The number of unbranched alkanes of at least 4 members (excludes halogenated alkanes) is 13. The summed E-state index contributed by atoms with van der Waals surface area (Å²) in [5.41, 5.74) is 0. The first kappa shape index (κ1) is 24.6. The number of hydrogen-bond donors (Lipinski definition) is 3. The van der Waals surface area contributed by atoms with E-state index in [9.17, 15) is 10.2 Å². The molecule has 0 aromatic carbocycles. The molecule has 0 rings (SSSR count). The standard InChI is InChI=1S/C22H44O3/c1-2-3-4-5-6-7-8-9-10-11-12-13-14-15-16-17-18-21(24)19-22(25)20-23/h2-3,21-25H,4-20H2,1H3/t21-,22-/m1/s1. The van der Waals surface area contributed by atoms with Crippen LogP contribution < -0.4 is 0 Å². The summed E-state index contributed by atoms with van der Waals surface area (Å²) in [4.78, 5) is 0. The van der Waals surface area contributed by atoms with Crippen molar-refractivity contribution in [3.8, 4) is 0 Å². The van der Waals surface area contributed by atoms with Gasteiger partial charge in [0.1, 0.15) is 0 Å². The van der Waals surface area contributed by atoms with Gasteiger partial charge in [0.05, 0.1) is 18.8 Å². The second kappa shape index (κ2) is 19.9. The van der Waals surface area contributed by atoms with E-state index in [4.69, 9.17) is 5.11 Å². The minimum atomic E-state index is -0.770. The van der Waals surface area contributed by atoms with Crippen molar-refractivity contribution >= 4 is 0 Å². The Balaban J connectivity index is 3.12. The third-order valence-electron chi connectivity index (χ3n) is 4.90. The van der Waals surface area contributed by atoms with Crippen LogP contribution in [-0.4, -0.2) is 34.1 Å². The van der Waals surface area contributed by atoms with Gasteiger partial charge < -0.3 is 15.3 Å². The van der Waals surface area contributed by atoms with Gasteiger partial charge in [0.15, 0.2) is 0 Å². The highest BCUT2D eigenvalue weighted by Crippen LogP contribution is 2.14. The van der Waals surface area contributed by atoms with Crippen LogP contribution in [0.2, 0.25) is 0 Å². The molecule has 3 N–H and O–H groups in total. The van der Waals surface area contributed by atoms with Crippen molar-refractivity contribution < 1.29 is 15.3 Å². The summed E-state index contributed by atoms with van der Waals surface area (Å²) >= 11 is 0. The number of aliphatic hydroxyl groups excluding tert-OH is 3. The molecule has 0 saturated carbocycles. The molecule has 0 saturated heterocycles. The van der Waals surface area contributed by atoms with Crippen LogP contribution in [-0.2, 0) is 0 Å². The van der Waals surface area contributed by atoms with Gasteiger partial charge in [-0.05, 0) is 26.2 Å². The lowest BCUT2D eigenvalue weighted by molar-refractivity contribution is 0.0380.